The van der Waals surface area contributed by atoms with Gasteiger partial charge in [0.05, 0.1) is 5.69 Å². The first kappa shape index (κ1) is 16.0. The van der Waals surface area contributed by atoms with Gasteiger partial charge in [0.1, 0.15) is 5.56 Å². The van der Waals surface area contributed by atoms with E-state index in [0.29, 0.717) is 16.4 Å². The number of aromatic nitrogens is 2. The first-order valence-corrected chi connectivity index (χ1v) is 7.79. The van der Waals surface area contributed by atoms with Crippen molar-refractivity contribution in [3.05, 3.63) is 92.9 Å². The summed E-state index contributed by atoms with van der Waals surface area (Å²) >= 11 is 5.83. The molecule has 5 heteroatoms. The van der Waals surface area contributed by atoms with Crippen molar-refractivity contribution in [3.63, 3.8) is 0 Å². The minimum atomic E-state index is -0.357. The van der Waals surface area contributed by atoms with E-state index in [-0.39, 0.29) is 16.9 Å². The number of benzene rings is 2. The molecule has 0 spiro atoms. The number of para-hydroxylation sites is 1. The van der Waals surface area contributed by atoms with Crippen molar-refractivity contribution in [2.24, 2.45) is 0 Å². The number of nitrogens with zero attached hydrogens (tertiary/aromatic N) is 1. The summed E-state index contributed by atoms with van der Waals surface area (Å²) in [6, 6.07) is 16.2. The molecule has 4 nitrogen and oxygen atoms in total. The van der Waals surface area contributed by atoms with Crippen LogP contribution in [0.1, 0.15) is 21.6 Å². The molecule has 3 aromatic rings. The Morgan fingerprint density at radius 1 is 1.08 bits per heavy atom. The monoisotopic (exact) mass is 338 g/mol. The molecular formula is C19H15ClN2O2. The first-order chi connectivity index (χ1) is 11.6. The van der Waals surface area contributed by atoms with Crippen molar-refractivity contribution in [1.82, 2.24) is 9.78 Å². The van der Waals surface area contributed by atoms with E-state index < -0.39 is 0 Å². The molecule has 1 N–H and O–H groups in total. The number of halogens is 1. The Hall–Kier alpha value is -2.85. The van der Waals surface area contributed by atoms with Gasteiger partial charge in [0, 0.05) is 10.7 Å². The predicted molar refractivity (Wildman–Crippen MR) is 95.9 cm³/mol. The van der Waals surface area contributed by atoms with Crippen LogP contribution in [0.15, 0.2) is 65.5 Å². The smallest absolute Gasteiger partial charge is 0.282 e. The molecule has 2 aromatic carbocycles. The molecule has 0 aliphatic heterocycles. The molecular weight excluding hydrogens is 324 g/mol. The Morgan fingerprint density at radius 3 is 2.42 bits per heavy atom. The summed E-state index contributed by atoms with van der Waals surface area (Å²) in [4.78, 5) is 25.0. The van der Waals surface area contributed by atoms with Crippen LogP contribution in [0.2, 0.25) is 5.02 Å². The lowest BCUT2D eigenvalue weighted by atomic mass is 10.1. The highest BCUT2D eigenvalue weighted by atomic mass is 35.5. The van der Waals surface area contributed by atoms with Crippen LogP contribution in [0.5, 0.6) is 0 Å². The number of allylic oxidation sites excluding steroid dienone is 1. The molecule has 0 aliphatic rings. The molecule has 0 atom stereocenters. The number of carbonyl (C=O) groups is 1. The Labute approximate surface area is 144 Å². The Bertz CT molecular complexity index is 951. The highest BCUT2D eigenvalue weighted by Crippen LogP contribution is 2.12. The lowest BCUT2D eigenvalue weighted by Gasteiger charge is -1.99. The minimum Gasteiger partial charge on any atom is -0.295 e. The van der Waals surface area contributed by atoms with Gasteiger partial charge in [-0.3, -0.25) is 14.7 Å². The predicted octanol–water partition coefficient (Wildman–Crippen LogP) is 4.02. The molecule has 24 heavy (non-hydrogen) atoms. The second kappa shape index (κ2) is 6.72. The lowest BCUT2D eigenvalue weighted by molar-refractivity contribution is 0.104. The third-order valence-corrected chi connectivity index (χ3v) is 3.88. The van der Waals surface area contributed by atoms with Gasteiger partial charge in [-0.1, -0.05) is 48.0 Å². The van der Waals surface area contributed by atoms with E-state index in [1.807, 2.05) is 18.2 Å². The van der Waals surface area contributed by atoms with Crippen LogP contribution in [-0.4, -0.2) is 15.6 Å². The summed E-state index contributed by atoms with van der Waals surface area (Å²) < 4.78 is 1.37. The number of aromatic amines is 1. The van der Waals surface area contributed by atoms with Crippen LogP contribution >= 0.6 is 11.6 Å². The third-order valence-electron chi connectivity index (χ3n) is 3.63. The van der Waals surface area contributed by atoms with E-state index in [9.17, 15) is 9.59 Å². The van der Waals surface area contributed by atoms with Gasteiger partial charge in [-0.15, -0.1) is 0 Å². The Kier molecular flexibility index (Phi) is 4.49. The van der Waals surface area contributed by atoms with Gasteiger partial charge >= 0.3 is 0 Å². The maximum atomic E-state index is 12.5. The van der Waals surface area contributed by atoms with E-state index in [1.54, 1.807) is 49.4 Å². The maximum absolute atomic E-state index is 12.5. The lowest BCUT2D eigenvalue weighted by Crippen LogP contribution is -2.19. The average molecular weight is 339 g/mol. The standard InChI is InChI=1S/C19H15ClN2O2/c1-13-18(17(23)12-9-14-7-10-15(20)11-8-14)19(24)22(21-13)16-5-3-2-4-6-16/h2-12,21H,1H3/b12-9+. The van der Waals surface area contributed by atoms with E-state index >= 15 is 0 Å². The molecule has 1 heterocycles. The van der Waals surface area contributed by atoms with Crippen LogP contribution in [0, 0.1) is 6.92 Å². The van der Waals surface area contributed by atoms with Crippen molar-refractivity contribution < 1.29 is 4.79 Å². The number of hydrogen-bond donors (Lipinski definition) is 1. The summed E-state index contributed by atoms with van der Waals surface area (Å²) in [5.41, 5.74) is 1.85. The van der Waals surface area contributed by atoms with Gasteiger partial charge in [0.25, 0.3) is 5.56 Å². The number of H-pyrrole nitrogens is 1. The maximum Gasteiger partial charge on any atom is 0.282 e. The Balaban J connectivity index is 1.92. The summed E-state index contributed by atoms with van der Waals surface area (Å²) in [5, 5.41) is 3.58. The van der Waals surface area contributed by atoms with Crippen molar-refractivity contribution >= 4 is 23.5 Å². The highest BCUT2D eigenvalue weighted by Gasteiger charge is 2.17. The largest absolute Gasteiger partial charge is 0.295 e. The minimum absolute atomic E-state index is 0.143. The van der Waals surface area contributed by atoms with Crippen LogP contribution in [0.25, 0.3) is 11.8 Å². The van der Waals surface area contributed by atoms with Gasteiger partial charge in [-0.25, -0.2) is 4.68 Å². The zero-order valence-corrected chi connectivity index (χ0v) is 13.7. The van der Waals surface area contributed by atoms with Crippen molar-refractivity contribution in [2.75, 3.05) is 0 Å². The quantitative estimate of drug-likeness (QED) is 0.577. The molecule has 1 aromatic heterocycles. The van der Waals surface area contributed by atoms with Crippen LogP contribution < -0.4 is 5.56 Å². The molecule has 0 fully saturated rings. The molecule has 0 radical (unpaired) electrons. The fourth-order valence-corrected chi connectivity index (χ4v) is 2.55. The second-order valence-corrected chi connectivity index (χ2v) is 5.77. The van der Waals surface area contributed by atoms with Gasteiger partial charge < -0.3 is 0 Å². The fourth-order valence-electron chi connectivity index (χ4n) is 2.42. The summed E-state index contributed by atoms with van der Waals surface area (Å²) in [6.45, 7) is 1.71. The number of carbonyl (C=O) groups excluding carboxylic acids is 1. The van der Waals surface area contributed by atoms with E-state index in [4.69, 9.17) is 11.6 Å². The molecule has 0 saturated carbocycles. The number of hydrogen-bond acceptors (Lipinski definition) is 2. The van der Waals surface area contributed by atoms with Crippen molar-refractivity contribution in [3.8, 4) is 5.69 Å². The van der Waals surface area contributed by atoms with Gasteiger partial charge in [-0.05, 0) is 42.8 Å². The van der Waals surface area contributed by atoms with Crippen LogP contribution in [0.3, 0.4) is 0 Å². The number of aryl methyl sites for hydroxylation is 1. The number of ketones is 1. The van der Waals surface area contributed by atoms with Crippen LogP contribution in [-0.2, 0) is 0 Å². The number of nitrogens with one attached hydrogen (secondary N) is 1. The second-order valence-electron chi connectivity index (χ2n) is 5.34. The third kappa shape index (κ3) is 3.24. The molecule has 3 rings (SSSR count). The van der Waals surface area contributed by atoms with Gasteiger partial charge in [0.2, 0.25) is 0 Å². The van der Waals surface area contributed by atoms with E-state index in [1.165, 1.54) is 10.8 Å². The van der Waals surface area contributed by atoms with E-state index in [2.05, 4.69) is 5.10 Å². The van der Waals surface area contributed by atoms with Crippen LogP contribution in [0.4, 0.5) is 0 Å². The van der Waals surface area contributed by atoms with E-state index in [0.717, 1.165) is 5.56 Å². The number of rotatable bonds is 4. The molecule has 0 unspecified atom stereocenters. The zero-order valence-electron chi connectivity index (χ0n) is 13.0. The molecule has 0 aliphatic carbocycles. The molecule has 120 valence electrons. The Morgan fingerprint density at radius 2 is 1.75 bits per heavy atom. The highest BCUT2D eigenvalue weighted by molar-refractivity contribution is 6.30. The molecule has 0 bridgehead atoms. The average Bonchev–Trinajstić information content (AvgIpc) is 2.89. The van der Waals surface area contributed by atoms with Gasteiger partial charge in [0.15, 0.2) is 5.78 Å². The van der Waals surface area contributed by atoms with Crippen molar-refractivity contribution in [2.45, 2.75) is 6.92 Å². The van der Waals surface area contributed by atoms with Crippen molar-refractivity contribution in [1.29, 1.82) is 0 Å². The molecule has 0 amide bonds. The first-order valence-electron chi connectivity index (χ1n) is 7.41. The molecule has 0 saturated heterocycles. The SMILES string of the molecule is Cc1[nH]n(-c2ccccc2)c(=O)c1C(=O)/C=C/c1ccc(Cl)cc1. The zero-order chi connectivity index (χ0) is 17.1. The summed E-state index contributed by atoms with van der Waals surface area (Å²) in [7, 11) is 0. The summed E-state index contributed by atoms with van der Waals surface area (Å²) in [6.07, 6.45) is 3.06. The van der Waals surface area contributed by atoms with Gasteiger partial charge in [-0.2, -0.15) is 0 Å². The summed E-state index contributed by atoms with van der Waals surface area (Å²) in [5.74, 6) is -0.335. The topological polar surface area (TPSA) is 54.9 Å². The fraction of sp³-hybridized carbons (Fsp3) is 0.0526. The normalized spacial score (nSPS) is 11.1.